The molecule has 224 valence electrons. The topological polar surface area (TPSA) is 138 Å². The van der Waals surface area contributed by atoms with Crippen molar-refractivity contribution in [3.05, 3.63) is 58.7 Å². The predicted molar refractivity (Wildman–Crippen MR) is 151 cm³/mol. The molecule has 11 heteroatoms. The highest BCUT2D eigenvalue weighted by Gasteiger charge is 2.36. The average molecular weight is 581 g/mol. The summed E-state index contributed by atoms with van der Waals surface area (Å²) < 4.78 is 15.5. The summed E-state index contributed by atoms with van der Waals surface area (Å²) in [6.45, 7) is 1.27. The molecule has 1 heterocycles. The van der Waals surface area contributed by atoms with E-state index in [-0.39, 0.29) is 31.1 Å². The standard InChI is InChI=1S/C31H36N2O9/c1-39-16-5-9-26(34)23-8-4-7-21-25(19-41-31(38)42-33-28(36)13-14-29(33)37)24-18-20(11-12-22(24)30(21)23)6-3-10-27(35)32-15-17-40-2/h4,7-8,11-12,18,25H,3,5-6,9-10,13-17,19H2,1-2H3,(H,32,35). The number of rotatable bonds is 15. The van der Waals surface area contributed by atoms with Crippen molar-refractivity contribution in [3.8, 4) is 11.1 Å². The van der Waals surface area contributed by atoms with Crippen LogP contribution in [-0.2, 0) is 39.9 Å². The Bertz CT molecular complexity index is 1320. The minimum Gasteiger partial charge on any atom is -0.432 e. The van der Waals surface area contributed by atoms with E-state index >= 15 is 0 Å². The lowest BCUT2D eigenvalue weighted by molar-refractivity contribution is -0.177. The van der Waals surface area contributed by atoms with Gasteiger partial charge in [0, 0.05) is 64.5 Å². The normalized spacial score (nSPS) is 15.4. The molecule has 1 aliphatic carbocycles. The second-order valence-electron chi connectivity index (χ2n) is 10.2. The summed E-state index contributed by atoms with van der Waals surface area (Å²) in [4.78, 5) is 66.3. The van der Waals surface area contributed by atoms with Crippen molar-refractivity contribution in [2.24, 2.45) is 0 Å². The molecular formula is C31H36N2O9. The molecule has 42 heavy (non-hydrogen) atoms. The summed E-state index contributed by atoms with van der Waals surface area (Å²) in [6.07, 6.45) is 1.39. The monoisotopic (exact) mass is 580 g/mol. The van der Waals surface area contributed by atoms with Crippen LogP contribution in [0.2, 0.25) is 0 Å². The van der Waals surface area contributed by atoms with Crippen LogP contribution in [0.5, 0.6) is 0 Å². The summed E-state index contributed by atoms with van der Waals surface area (Å²) in [5.41, 5.74) is 4.96. The van der Waals surface area contributed by atoms with Gasteiger partial charge in [-0.1, -0.05) is 41.5 Å². The number of nitrogens with zero attached hydrogens (tertiary/aromatic N) is 1. The molecule has 2 aliphatic rings. The van der Waals surface area contributed by atoms with Crippen LogP contribution >= 0.6 is 0 Å². The summed E-state index contributed by atoms with van der Waals surface area (Å²) in [7, 11) is 3.17. The van der Waals surface area contributed by atoms with Gasteiger partial charge >= 0.3 is 6.16 Å². The third kappa shape index (κ3) is 7.40. The van der Waals surface area contributed by atoms with Gasteiger partial charge in [-0.25, -0.2) is 4.79 Å². The highest BCUT2D eigenvalue weighted by atomic mass is 16.8. The molecule has 0 spiro atoms. The summed E-state index contributed by atoms with van der Waals surface area (Å²) in [6, 6.07) is 11.5. The van der Waals surface area contributed by atoms with Gasteiger partial charge < -0.3 is 19.5 Å². The number of carbonyl (C=O) groups excluding carboxylic acids is 5. The number of hydrogen-bond donors (Lipinski definition) is 1. The van der Waals surface area contributed by atoms with Crippen molar-refractivity contribution in [1.82, 2.24) is 10.4 Å². The number of ether oxygens (including phenoxy) is 3. The Morgan fingerprint density at radius 3 is 2.43 bits per heavy atom. The first kappa shape index (κ1) is 30.9. The van der Waals surface area contributed by atoms with Crippen LogP contribution in [0.1, 0.15) is 71.5 Å². The van der Waals surface area contributed by atoms with E-state index in [1.54, 1.807) is 20.3 Å². The van der Waals surface area contributed by atoms with Gasteiger partial charge in [0.25, 0.3) is 11.8 Å². The largest absolute Gasteiger partial charge is 0.533 e. The lowest BCUT2D eigenvalue weighted by Gasteiger charge is -2.17. The molecule has 1 aliphatic heterocycles. The molecule has 1 atom stereocenters. The van der Waals surface area contributed by atoms with Crippen molar-refractivity contribution in [2.45, 2.75) is 50.9 Å². The smallest absolute Gasteiger partial charge is 0.432 e. The molecule has 11 nitrogen and oxygen atoms in total. The van der Waals surface area contributed by atoms with Crippen molar-refractivity contribution in [2.75, 3.05) is 40.6 Å². The highest BCUT2D eigenvalue weighted by molar-refractivity contribution is 6.05. The van der Waals surface area contributed by atoms with Crippen LogP contribution in [-0.4, -0.2) is 75.3 Å². The third-order valence-electron chi connectivity index (χ3n) is 7.32. The SMILES string of the molecule is COCCCC(=O)c1cccc2c1-c1ccc(CCCC(=O)NCCOC)cc1C2COC(=O)ON1C(=O)CCC1=O. The predicted octanol–water partition coefficient (Wildman–Crippen LogP) is 3.71. The maximum atomic E-state index is 13.2. The van der Waals surface area contributed by atoms with E-state index in [2.05, 4.69) is 5.32 Å². The Kier molecular flexibility index (Phi) is 10.8. The minimum absolute atomic E-state index is 0.00884. The maximum absolute atomic E-state index is 13.2. The average Bonchev–Trinajstić information content (AvgIpc) is 3.47. The van der Waals surface area contributed by atoms with Gasteiger partial charge in [0.2, 0.25) is 5.91 Å². The first-order chi connectivity index (χ1) is 20.3. The van der Waals surface area contributed by atoms with E-state index in [9.17, 15) is 24.0 Å². The minimum atomic E-state index is -1.16. The van der Waals surface area contributed by atoms with Crippen LogP contribution < -0.4 is 5.32 Å². The zero-order chi connectivity index (χ0) is 30.1. The molecule has 0 radical (unpaired) electrons. The maximum Gasteiger partial charge on any atom is 0.533 e. The lowest BCUT2D eigenvalue weighted by atomic mass is 9.93. The van der Waals surface area contributed by atoms with Gasteiger partial charge in [0.15, 0.2) is 5.78 Å². The van der Waals surface area contributed by atoms with Crippen molar-refractivity contribution >= 4 is 29.7 Å². The first-order valence-electron chi connectivity index (χ1n) is 14.1. The molecule has 1 N–H and O–H groups in total. The Morgan fingerprint density at radius 1 is 0.929 bits per heavy atom. The number of hydrogen-bond acceptors (Lipinski definition) is 9. The lowest BCUT2D eigenvalue weighted by Crippen LogP contribution is -2.32. The second-order valence-corrected chi connectivity index (χ2v) is 10.2. The number of hydroxylamine groups is 2. The van der Waals surface area contributed by atoms with Crippen LogP contribution in [0.25, 0.3) is 11.1 Å². The number of imide groups is 1. The van der Waals surface area contributed by atoms with Gasteiger partial charge in [0.1, 0.15) is 6.61 Å². The molecule has 0 saturated carbocycles. The molecule has 2 aromatic carbocycles. The van der Waals surface area contributed by atoms with E-state index in [1.165, 1.54) is 0 Å². The number of fused-ring (bicyclic) bond motifs is 3. The Balaban J connectivity index is 1.53. The van der Waals surface area contributed by atoms with E-state index in [0.717, 1.165) is 27.8 Å². The van der Waals surface area contributed by atoms with Gasteiger partial charge in [-0.3, -0.25) is 24.0 Å². The van der Waals surface area contributed by atoms with Crippen molar-refractivity contribution in [3.63, 3.8) is 0 Å². The quantitative estimate of drug-likeness (QED) is 0.145. The molecular weight excluding hydrogens is 544 g/mol. The summed E-state index contributed by atoms with van der Waals surface area (Å²) in [5.74, 6) is -1.65. The fraction of sp³-hybridized carbons (Fsp3) is 0.452. The molecule has 1 unspecified atom stereocenters. The van der Waals surface area contributed by atoms with Gasteiger partial charge in [0.05, 0.1) is 6.61 Å². The second kappa shape index (κ2) is 14.7. The number of benzene rings is 2. The zero-order valence-electron chi connectivity index (χ0n) is 23.9. The molecule has 1 fully saturated rings. The van der Waals surface area contributed by atoms with Crippen molar-refractivity contribution < 1.29 is 43.0 Å². The van der Waals surface area contributed by atoms with Crippen molar-refractivity contribution in [1.29, 1.82) is 0 Å². The number of carbonyl (C=O) groups is 5. The number of aryl methyl sites for hydroxylation is 1. The highest BCUT2D eigenvalue weighted by Crippen LogP contribution is 2.47. The van der Waals surface area contributed by atoms with Crippen LogP contribution in [0.3, 0.4) is 0 Å². The Labute approximate surface area is 244 Å². The fourth-order valence-corrected chi connectivity index (χ4v) is 5.28. The van der Waals surface area contributed by atoms with Crippen LogP contribution in [0.4, 0.5) is 4.79 Å². The number of amides is 3. The third-order valence-corrected chi connectivity index (χ3v) is 7.32. The van der Waals surface area contributed by atoms with E-state index in [1.807, 2.05) is 30.3 Å². The fourth-order valence-electron chi connectivity index (χ4n) is 5.28. The molecule has 0 bridgehead atoms. The number of nitrogens with one attached hydrogen (secondary N) is 1. The number of Topliss-reactive ketones (excluding diaryl/α,β-unsaturated/α-hetero) is 1. The van der Waals surface area contributed by atoms with Crippen LogP contribution in [0.15, 0.2) is 36.4 Å². The number of ketones is 1. The Morgan fingerprint density at radius 2 is 1.69 bits per heavy atom. The molecule has 3 amide bonds. The van der Waals surface area contributed by atoms with Gasteiger partial charge in [-0.2, -0.15) is 0 Å². The molecule has 2 aromatic rings. The Hall–Kier alpha value is -4.09. The number of methoxy groups -OCH3 is 2. The summed E-state index contributed by atoms with van der Waals surface area (Å²) >= 11 is 0. The molecule has 4 rings (SSSR count). The summed E-state index contributed by atoms with van der Waals surface area (Å²) in [5, 5.41) is 3.26. The molecule has 1 saturated heterocycles. The van der Waals surface area contributed by atoms with E-state index < -0.39 is 23.9 Å². The first-order valence-corrected chi connectivity index (χ1v) is 14.1. The van der Waals surface area contributed by atoms with E-state index in [4.69, 9.17) is 19.0 Å². The zero-order valence-corrected chi connectivity index (χ0v) is 23.9. The van der Waals surface area contributed by atoms with Gasteiger partial charge in [-0.05, 0) is 47.1 Å². The molecule has 0 aromatic heterocycles. The van der Waals surface area contributed by atoms with Crippen LogP contribution in [0, 0.1) is 0 Å². The van der Waals surface area contributed by atoms with E-state index in [0.29, 0.717) is 62.5 Å². The van der Waals surface area contributed by atoms with Gasteiger partial charge in [-0.15, -0.1) is 0 Å².